The summed E-state index contributed by atoms with van der Waals surface area (Å²) in [6, 6.07) is 9.79. The molecule has 1 unspecified atom stereocenters. The van der Waals surface area contributed by atoms with E-state index < -0.39 is 6.09 Å². The van der Waals surface area contributed by atoms with Gasteiger partial charge in [0.15, 0.2) is 0 Å². The average Bonchev–Trinajstić information content (AvgIpc) is 3.23. The molecule has 0 saturated carbocycles. The molecule has 1 aliphatic rings. The summed E-state index contributed by atoms with van der Waals surface area (Å²) in [6.45, 7) is 2.44. The summed E-state index contributed by atoms with van der Waals surface area (Å²) in [5.41, 5.74) is 2.80. The van der Waals surface area contributed by atoms with E-state index in [0.29, 0.717) is 31.7 Å². The minimum Gasteiger partial charge on any atom is -0.465 e. The third-order valence-electron chi connectivity index (χ3n) is 4.27. The van der Waals surface area contributed by atoms with E-state index in [9.17, 15) is 4.79 Å². The molecule has 0 radical (unpaired) electrons. The Labute approximate surface area is 140 Å². The molecule has 2 heterocycles. The molecule has 2 N–H and O–H groups in total. The predicted octanol–water partition coefficient (Wildman–Crippen LogP) is 1.64. The van der Waals surface area contributed by atoms with Gasteiger partial charge in [0.2, 0.25) is 0 Å². The van der Waals surface area contributed by atoms with Gasteiger partial charge in [-0.1, -0.05) is 12.1 Å². The normalized spacial score (nSPS) is 17.0. The summed E-state index contributed by atoms with van der Waals surface area (Å²) in [7, 11) is 0. The van der Waals surface area contributed by atoms with Gasteiger partial charge in [0.1, 0.15) is 0 Å². The van der Waals surface area contributed by atoms with E-state index in [1.165, 1.54) is 4.90 Å². The number of carbonyl (C=O) groups is 1. The monoisotopic (exact) mass is 325 g/mol. The maximum atomic E-state index is 10.9. The minimum atomic E-state index is -0.856. The van der Waals surface area contributed by atoms with Crippen molar-refractivity contribution in [2.75, 3.05) is 13.1 Å². The summed E-state index contributed by atoms with van der Waals surface area (Å²) < 4.78 is 2.05. The number of amides is 1. The molecule has 3 rings (SSSR count). The van der Waals surface area contributed by atoms with Gasteiger partial charge in [0, 0.05) is 38.4 Å². The van der Waals surface area contributed by atoms with Gasteiger partial charge in [0.25, 0.3) is 0 Å². The molecule has 7 nitrogen and oxygen atoms in total. The van der Waals surface area contributed by atoms with Gasteiger partial charge in [0.05, 0.1) is 23.7 Å². The third-order valence-corrected chi connectivity index (χ3v) is 4.27. The number of hydrogen-bond donors (Lipinski definition) is 2. The summed E-state index contributed by atoms with van der Waals surface area (Å²) in [6.07, 6.45) is 3.58. The zero-order valence-corrected chi connectivity index (χ0v) is 13.2. The Morgan fingerprint density at radius 1 is 1.42 bits per heavy atom. The van der Waals surface area contributed by atoms with Gasteiger partial charge in [-0.05, 0) is 24.1 Å². The lowest BCUT2D eigenvalue weighted by Crippen LogP contribution is -2.34. The zero-order chi connectivity index (χ0) is 16.9. The van der Waals surface area contributed by atoms with E-state index in [2.05, 4.69) is 20.9 Å². The van der Waals surface area contributed by atoms with Gasteiger partial charge in [-0.2, -0.15) is 5.26 Å². The molecule has 1 saturated heterocycles. The van der Waals surface area contributed by atoms with Crippen LogP contribution in [0.15, 0.2) is 36.8 Å². The Balaban J connectivity index is 1.57. The van der Waals surface area contributed by atoms with Crippen LogP contribution in [0.4, 0.5) is 4.79 Å². The largest absolute Gasteiger partial charge is 0.465 e. The van der Waals surface area contributed by atoms with E-state index in [1.807, 2.05) is 30.5 Å². The van der Waals surface area contributed by atoms with Crippen LogP contribution in [0.5, 0.6) is 0 Å². The van der Waals surface area contributed by atoms with Gasteiger partial charge < -0.3 is 19.9 Å². The first kappa shape index (κ1) is 16.0. The second kappa shape index (κ2) is 7.15. The van der Waals surface area contributed by atoms with Gasteiger partial charge in [-0.15, -0.1) is 0 Å². The van der Waals surface area contributed by atoms with Gasteiger partial charge in [-0.25, -0.2) is 9.78 Å². The molecule has 124 valence electrons. The van der Waals surface area contributed by atoms with Crippen molar-refractivity contribution in [2.24, 2.45) is 0 Å². The SMILES string of the molecule is N#Cc1ccc(Cn2cncc2CNC2CCN(C(=O)O)C2)cc1. The lowest BCUT2D eigenvalue weighted by atomic mass is 10.1. The van der Waals surface area contributed by atoms with Crippen molar-refractivity contribution in [1.82, 2.24) is 19.8 Å². The molecule has 1 aromatic carbocycles. The van der Waals surface area contributed by atoms with E-state index in [0.717, 1.165) is 17.7 Å². The number of aromatic nitrogens is 2. The Morgan fingerprint density at radius 3 is 2.88 bits per heavy atom. The molecule has 7 heteroatoms. The molecule has 0 aliphatic carbocycles. The van der Waals surface area contributed by atoms with Crippen molar-refractivity contribution in [3.8, 4) is 6.07 Å². The Morgan fingerprint density at radius 2 is 2.21 bits per heavy atom. The van der Waals surface area contributed by atoms with Crippen LogP contribution in [-0.4, -0.2) is 44.8 Å². The highest BCUT2D eigenvalue weighted by molar-refractivity contribution is 5.65. The molecule has 1 aliphatic heterocycles. The highest BCUT2D eigenvalue weighted by Gasteiger charge is 2.25. The number of rotatable bonds is 5. The molecule has 1 fully saturated rings. The van der Waals surface area contributed by atoms with Crippen molar-refractivity contribution in [1.29, 1.82) is 5.26 Å². The average molecular weight is 325 g/mol. The Kier molecular flexibility index (Phi) is 4.77. The number of likely N-dealkylation sites (tertiary alicyclic amines) is 1. The second-order valence-corrected chi connectivity index (χ2v) is 5.92. The quantitative estimate of drug-likeness (QED) is 0.871. The number of benzene rings is 1. The molecular weight excluding hydrogens is 306 g/mol. The molecule has 1 atom stereocenters. The van der Waals surface area contributed by atoms with E-state index in [-0.39, 0.29) is 6.04 Å². The van der Waals surface area contributed by atoms with Crippen LogP contribution in [0.25, 0.3) is 0 Å². The second-order valence-electron chi connectivity index (χ2n) is 5.92. The third kappa shape index (κ3) is 3.73. The summed E-state index contributed by atoms with van der Waals surface area (Å²) in [4.78, 5) is 16.6. The standard InChI is InChI=1S/C17H19N5O2/c18-7-13-1-3-14(4-2-13)10-22-12-19-8-16(22)9-20-15-5-6-21(11-15)17(23)24/h1-4,8,12,15,20H,5-6,9-11H2,(H,23,24). The number of nitrogens with one attached hydrogen (secondary N) is 1. The smallest absolute Gasteiger partial charge is 0.407 e. The molecule has 1 amide bonds. The highest BCUT2D eigenvalue weighted by atomic mass is 16.4. The highest BCUT2D eigenvalue weighted by Crippen LogP contribution is 2.11. The van der Waals surface area contributed by atoms with Crippen LogP contribution in [0.2, 0.25) is 0 Å². The van der Waals surface area contributed by atoms with E-state index in [4.69, 9.17) is 10.4 Å². The molecule has 24 heavy (non-hydrogen) atoms. The maximum Gasteiger partial charge on any atom is 0.407 e. The van der Waals surface area contributed by atoms with Crippen molar-refractivity contribution < 1.29 is 9.90 Å². The number of nitrogens with zero attached hydrogens (tertiary/aromatic N) is 4. The summed E-state index contributed by atoms with van der Waals surface area (Å²) in [5, 5.41) is 21.2. The lowest BCUT2D eigenvalue weighted by Gasteiger charge is -2.15. The van der Waals surface area contributed by atoms with Crippen molar-refractivity contribution in [3.05, 3.63) is 53.6 Å². The van der Waals surface area contributed by atoms with Gasteiger partial charge >= 0.3 is 6.09 Å². The fourth-order valence-corrected chi connectivity index (χ4v) is 2.87. The van der Waals surface area contributed by atoms with Crippen LogP contribution in [0, 0.1) is 11.3 Å². The first-order valence-corrected chi connectivity index (χ1v) is 7.85. The fourth-order valence-electron chi connectivity index (χ4n) is 2.87. The van der Waals surface area contributed by atoms with Crippen LogP contribution in [-0.2, 0) is 13.1 Å². The number of imidazole rings is 1. The zero-order valence-electron chi connectivity index (χ0n) is 13.2. The first-order valence-electron chi connectivity index (χ1n) is 7.85. The summed E-state index contributed by atoms with van der Waals surface area (Å²) in [5.74, 6) is 0. The molecule has 0 bridgehead atoms. The maximum absolute atomic E-state index is 10.9. The topological polar surface area (TPSA) is 94.2 Å². The van der Waals surface area contributed by atoms with Crippen LogP contribution in [0.1, 0.15) is 23.2 Å². The lowest BCUT2D eigenvalue weighted by molar-refractivity contribution is 0.154. The van der Waals surface area contributed by atoms with Crippen LogP contribution in [0.3, 0.4) is 0 Å². The fraction of sp³-hybridized carbons (Fsp3) is 0.353. The van der Waals surface area contributed by atoms with Crippen molar-refractivity contribution in [2.45, 2.75) is 25.6 Å². The van der Waals surface area contributed by atoms with Crippen molar-refractivity contribution >= 4 is 6.09 Å². The minimum absolute atomic E-state index is 0.180. The Bertz CT molecular complexity index is 747. The number of hydrogen-bond acceptors (Lipinski definition) is 4. The van der Waals surface area contributed by atoms with E-state index in [1.54, 1.807) is 6.33 Å². The molecule has 2 aromatic rings. The van der Waals surface area contributed by atoms with Gasteiger partial charge in [-0.3, -0.25) is 0 Å². The molecular formula is C17H19N5O2. The summed E-state index contributed by atoms with van der Waals surface area (Å²) >= 11 is 0. The van der Waals surface area contributed by atoms with Crippen molar-refractivity contribution in [3.63, 3.8) is 0 Å². The van der Waals surface area contributed by atoms with E-state index >= 15 is 0 Å². The first-order chi connectivity index (χ1) is 11.7. The molecule has 1 aromatic heterocycles. The van der Waals surface area contributed by atoms with Crippen LogP contribution < -0.4 is 5.32 Å². The van der Waals surface area contributed by atoms with Crippen LogP contribution >= 0.6 is 0 Å². The number of carboxylic acid groups (broad SMARTS) is 1. The molecule has 0 spiro atoms. The Hall–Kier alpha value is -2.85. The number of nitriles is 1. The predicted molar refractivity (Wildman–Crippen MR) is 87.3 cm³/mol.